The molecule has 0 bridgehead atoms. The van der Waals surface area contributed by atoms with Crippen molar-refractivity contribution in [3.05, 3.63) is 39.4 Å². The van der Waals surface area contributed by atoms with Gasteiger partial charge in [0.25, 0.3) is 0 Å². The molecule has 190 valence electrons. The van der Waals surface area contributed by atoms with Gasteiger partial charge in [0, 0.05) is 25.3 Å². The summed E-state index contributed by atoms with van der Waals surface area (Å²) in [4.78, 5) is 37.5. The van der Waals surface area contributed by atoms with Gasteiger partial charge in [-0.25, -0.2) is 14.0 Å². The summed E-state index contributed by atoms with van der Waals surface area (Å²) in [6, 6.07) is -0.320. The summed E-state index contributed by atoms with van der Waals surface area (Å²) in [5.41, 5.74) is -5.24. The molecule has 2 heterocycles. The van der Waals surface area contributed by atoms with Gasteiger partial charge in [-0.1, -0.05) is 0 Å². The van der Waals surface area contributed by atoms with Gasteiger partial charge in [0.15, 0.2) is 0 Å². The van der Waals surface area contributed by atoms with Crippen LogP contribution in [0.2, 0.25) is 0 Å². The number of aromatic nitrogens is 1. The number of pyridine rings is 1. The summed E-state index contributed by atoms with van der Waals surface area (Å²) in [5.74, 6) is -2.88. The number of alkyl halides is 3. The average molecular weight is 499 g/mol. The molecule has 1 amide bonds. The minimum absolute atomic E-state index is 0.0207. The van der Waals surface area contributed by atoms with E-state index in [1.807, 2.05) is 0 Å². The Bertz CT molecular complexity index is 1260. The van der Waals surface area contributed by atoms with Gasteiger partial charge in [-0.15, -0.1) is 0 Å². The molecule has 2 aliphatic rings. The van der Waals surface area contributed by atoms with E-state index >= 15 is 4.39 Å². The number of ether oxygens (including phenoxy) is 1. The molecule has 1 aromatic carbocycles. The Kier molecular flexibility index (Phi) is 5.97. The maximum atomic E-state index is 15.3. The predicted octanol–water partition coefficient (Wildman–Crippen LogP) is 4.30. The summed E-state index contributed by atoms with van der Waals surface area (Å²) in [7, 11) is 0. The molecule has 2 fully saturated rings. The second-order valence-electron chi connectivity index (χ2n) is 9.87. The summed E-state index contributed by atoms with van der Waals surface area (Å²) in [6.45, 7) is 4.92. The average Bonchev–Trinajstić information content (AvgIpc) is 3.44. The van der Waals surface area contributed by atoms with Crippen LogP contribution >= 0.6 is 0 Å². The number of rotatable bonds is 4. The van der Waals surface area contributed by atoms with Gasteiger partial charge in [0.1, 0.15) is 22.5 Å². The SMILES string of the molecule is CC(C)(C)OC(=O)NC1CCN(c2c(F)cc3c(=O)c(C(=O)O)cn(C4CC4)c3c2C(F)(F)F)C1. The molecule has 0 radical (unpaired) electrons. The molecular formula is C23H25F4N3O5. The van der Waals surface area contributed by atoms with Gasteiger partial charge < -0.3 is 24.6 Å². The zero-order valence-electron chi connectivity index (χ0n) is 19.3. The molecule has 1 aliphatic carbocycles. The largest absolute Gasteiger partial charge is 0.477 e. The fraction of sp³-hybridized carbons (Fsp3) is 0.522. The quantitative estimate of drug-likeness (QED) is 0.609. The van der Waals surface area contributed by atoms with E-state index in [9.17, 15) is 32.7 Å². The number of amides is 1. The Balaban J connectivity index is 1.82. The highest BCUT2D eigenvalue weighted by atomic mass is 19.4. The van der Waals surface area contributed by atoms with E-state index in [2.05, 4.69) is 5.32 Å². The summed E-state index contributed by atoms with van der Waals surface area (Å²) >= 11 is 0. The van der Waals surface area contributed by atoms with E-state index in [-0.39, 0.29) is 19.5 Å². The van der Waals surface area contributed by atoms with Crippen LogP contribution in [0.5, 0.6) is 0 Å². The van der Waals surface area contributed by atoms with Gasteiger partial charge in [-0.2, -0.15) is 13.2 Å². The van der Waals surface area contributed by atoms with Crippen molar-refractivity contribution >= 4 is 28.7 Å². The highest BCUT2D eigenvalue weighted by Crippen LogP contribution is 2.46. The number of halogens is 4. The van der Waals surface area contributed by atoms with Crippen LogP contribution in [0.15, 0.2) is 17.1 Å². The van der Waals surface area contributed by atoms with Gasteiger partial charge >= 0.3 is 18.2 Å². The lowest BCUT2D eigenvalue weighted by Gasteiger charge is -2.27. The standard InChI is InChI=1S/C23H25F4N3O5/c1-22(2,3)35-21(34)28-11-6-7-29(9-11)18-15(24)8-13-17(16(18)23(25,26)27)30(12-4-5-12)10-14(19(13)31)20(32)33/h8,10-12H,4-7,9H2,1-3H3,(H,28,34)(H,32,33). The smallest absolute Gasteiger partial charge is 0.420 e. The first-order chi connectivity index (χ1) is 16.2. The Morgan fingerprint density at radius 2 is 1.83 bits per heavy atom. The van der Waals surface area contributed by atoms with Crippen LogP contribution < -0.4 is 15.6 Å². The number of fused-ring (bicyclic) bond motifs is 1. The third kappa shape index (κ3) is 4.92. The molecule has 35 heavy (non-hydrogen) atoms. The van der Waals surface area contributed by atoms with Gasteiger partial charge in [-0.3, -0.25) is 4.79 Å². The second kappa shape index (κ2) is 8.42. The number of benzene rings is 1. The lowest BCUT2D eigenvalue weighted by molar-refractivity contribution is -0.136. The monoisotopic (exact) mass is 499 g/mol. The number of nitrogens with zero attached hydrogens (tertiary/aromatic N) is 2. The molecule has 4 rings (SSSR count). The molecule has 0 spiro atoms. The minimum atomic E-state index is -5.04. The van der Waals surface area contributed by atoms with Gasteiger partial charge in [0.05, 0.1) is 22.6 Å². The maximum absolute atomic E-state index is 15.3. The highest BCUT2D eigenvalue weighted by Gasteiger charge is 2.43. The number of carbonyl (C=O) groups is 2. The van der Waals surface area contributed by atoms with Crippen molar-refractivity contribution in [1.82, 2.24) is 9.88 Å². The third-order valence-corrected chi connectivity index (χ3v) is 5.92. The molecule has 1 aromatic heterocycles. The number of alkyl carbamates (subject to hydrolysis) is 1. The molecule has 1 saturated carbocycles. The van der Waals surface area contributed by atoms with Crippen LogP contribution in [0.1, 0.15) is 62.0 Å². The van der Waals surface area contributed by atoms with Crippen molar-refractivity contribution in [2.24, 2.45) is 0 Å². The van der Waals surface area contributed by atoms with Crippen molar-refractivity contribution in [2.75, 3.05) is 18.0 Å². The Labute approximate surface area is 197 Å². The lowest BCUT2D eigenvalue weighted by Crippen LogP contribution is -2.40. The van der Waals surface area contributed by atoms with Crippen LogP contribution in [-0.2, 0) is 10.9 Å². The molecule has 1 aliphatic heterocycles. The van der Waals surface area contributed by atoms with Crippen LogP contribution in [0.25, 0.3) is 10.9 Å². The van der Waals surface area contributed by atoms with E-state index < -0.39 is 74.9 Å². The molecule has 1 atom stereocenters. The molecule has 2 N–H and O–H groups in total. The van der Waals surface area contributed by atoms with Crippen molar-refractivity contribution in [1.29, 1.82) is 0 Å². The van der Waals surface area contributed by atoms with Gasteiger partial charge in [0.2, 0.25) is 5.43 Å². The first kappa shape index (κ1) is 24.8. The van der Waals surface area contributed by atoms with Crippen molar-refractivity contribution < 1.29 is 37.0 Å². The molecule has 1 unspecified atom stereocenters. The normalized spacial score (nSPS) is 18.7. The summed E-state index contributed by atoms with van der Waals surface area (Å²) < 4.78 is 64.9. The minimum Gasteiger partial charge on any atom is -0.477 e. The number of carboxylic acid groups (broad SMARTS) is 1. The number of carboxylic acids is 1. The van der Waals surface area contributed by atoms with E-state index in [1.165, 1.54) is 4.90 Å². The first-order valence-corrected chi connectivity index (χ1v) is 11.1. The van der Waals surface area contributed by atoms with Crippen LogP contribution in [0.3, 0.4) is 0 Å². The Morgan fingerprint density at radius 3 is 2.37 bits per heavy atom. The van der Waals surface area contributed by atoms with E-state index in [0.29, 0.717) is 18.9 Å². The van der Waals surface area contributed by atoms with E-state index in [4.69, 9.17) is 4.74 Å². The number of anilines is 1. The number of hydrogen-bond acceptors (Lipinski definition) is 5. The van der Waals surface area contributed by atoms with Crippen LogP contribution in [0, 0.1) is 5.82 Å². The molecular weight excluding hydrogens is 474 g/mol. The summed E-state index contributed by atoms with van der Waals surface area (Å²) in [5, 5.41) is 11.3. The predicted molar refractivity (Wildman–Crippen MR) is 118 cm³/mol. The Hall–Kier alpha value is -3.31. The fourth-order valence-electron chi connectivity index (χ4n) is 4.40. The zero-order valence-corrected chi connectivity index (χ0v) is 19.3. The Morgan fingerprint density at radius 1 is 1.17 bits per heavy atom. The molecule has 12 heteroatoms. The molecule has 2 aromatic rings. The second-order valence-corrected chi connectivity index (χ2v) is 9.87. The van der Waals surface area contributed by atoms with Crippen LogP contribution in [0.4, 0.5) is 28.0 Å². The zero-order chi connectivity index (χ0) is 25.9. The third-order valence-electron chi connectivity index (χ3n) is 5.92. The van der Waals surface area contributed by atoms with Crippen molar-refractivity contribution in [3.63, 3.8) is 0 Å². The van der Waals surface area contributed by atoms with E-state index in [1.54, 1.807) is 20.8 Å². The lowest BCUT2D eigenvalue weighted by atomic mass is 10.0. The topological polar surface area (TPSA) is 101 Å². The first-order valence-electron chi connectivity index (χ1n) is 11.1. The maximum Gasteiger partial charge on any atom is 0.420 e. The number of aromatic carboxylic acids is 1. The fourth-order valence-corrected chi connectivity index (χ4v) is 4.40. The molecule has 8 nitrogen and oxygen atoms in total. The highest BCUT2D eigenvalue weighted by molar-refractivity contribution is 5.95. The van der Waals surface area contributed by atoms with Crippen molar-refractivity contribution in [3.8, 4) is 0 Å². The molecule has 1 saturated heterocycles. The number of hydrogen-bond donors (Lipinski definition) is 2. The van der Waals surface area contributed by atoms with Crippen molar-refractivity contribution in [2.45, 2.75) is 63.9 Å². The van der Waals surface area contributed by atoms with Crippen LogP contribution in [-0.4, -0.2) is 46.5 Å². The van der Waals surface area contributed by atoms with E-state index in [0.717, 1.165) is 10.8 Å². The summed E-state index contributed by atoms with van der Waals surface area (Å²) in [6.07, 6.45) is -3.60. The number of nitrogens with one attached hydrogen (secondary N) is 1. The van der Waals surface area contributed by atoms with Gasteiger partial charge in [-0.05, 0) is 46.1 Å². The number of carbonyl (C=O) groups excluding carboxylic acids is 1.